The van der Waals surface area contributed by atoms with Crippen LogP contribution in [0.25, 0.3) is 0 Å². The number of hydrogen-bond acceptors (Lipinski definition) is 1. The van der Waals surface area contributed by atoms with Gasteiger partial charge in [-0.3, -0.25) is 0 Å². The Labute approximate surface area is 157 Å². The number of anilines is 1. The number of benzene rings is 2. The second-order valence-corrected chi connectivity index (χ2v) is 7.21. The van der Waals surface area contributed by atoms with E-state index in [4.69, 9.17) is 0 Å². The number of amides is 2. The van der Waals surface area contributed by atoms with Crippen LogP contribution in [0.5, 0.6) is 0 Å². The van der Waals surface area contributed by atoms with Gasteiger partial charge >= 0.3 is 6.03 Å². The van der Waals surface area contributed by atoms with Gasteiger partial charge in [0.25, 0.3) is 0 Å². The fourth-order valence-corrected chi connectivity index (χ4v) is 3.88. The van der Waals surface area contributed by atoms with Crippen molar-refractivity contribution in [1.82, 2.24) is 4.90 Å². The first-order chi connectivity index (χ1) is 12.7. The Morgan fingerprint density at radius 2 is 1.58 bits per heavy atom. The van der Waals surface area contributed by atoms with E-state index in [9.17, 15) is 4.79 Å². The number of para-hydroxylation sites is 1. The standard InChI is InChI=1S/C23H30N2O/c1-3-20-11-8-12-21(4-2)22(20)24-23(26)25-15-13-19(14-16-25)17-18-9-6-5-7-10-18/h5-12,19H,3-4,13-17H2,1-2H3,(H,24,26). The second kappa shape index (κ2) is 8.88. The molecule has 3 nitrogen and oxygen atoms in total. The molecule has 1 fully saturated rings. The highest BCUT2D eigenvalue weighted by Crippen LogP contribution is 2.25. The zero-order valence-electron chi connectivity index (χ0n) is 16.0. The highest BCUT2D eigenvalue weighted by Gasteiger charge is 2.23. The molecule has 26 heavy (non-hydrogen) atoms. The normalized spacial score (nSPS) is 15.1. The minimum absolute atomic E-state index is 0.0544. The second-order valence-electron chi connectivity index (χ2n) is 7.21. The molecule has 0 unspecified atom stereocenters. The maximum atomic E-state index is 12.8. The summed E-state index contributed by atoms with van der Waals surface area (Å²) in [7, 11) is 0. The van der Waals surface area contributed by atoms with E-state index < -0.39 is 0 Å². The third-order valence-electron chi connectivity index (χ3n) is 5.50. The van der Waals surface area contributed by atoms with Crippen molar-refractivity contribution in [3.8, 4) is 0 Å². The Morgan fingerprint density at radius 1 is 0.962 bits per heavy atom. The molecule has 2 aromatic rings. The summed E-state index contributed by atoms with van der Waals surface area (Å²) in [4.78, 5) is 14.8. The number of likely N-dealkylation sites (tertiary alicyclic amines) is 1. The average Bonchev–Trinajstić information content (AvgIpc) is 2.69. The molecule has 1 aliphatic rings. The van der Waals surface area contributed by atoms with Crippen LogP contribution >= 0.6 is 0 Å². The monoisotopic (exact) mass is 350 g/mol. The maximum absolute atomic E-state index is 12.8. The van der Waals surface area contributed by atoms with Gasteiger partial charge in [-0.2, -0.15) is 0 Å². The summed E-state index contributed by atoms with van der Waals surface area (Å²) in [5, 5.41) is 3.20. The smallest absolute Gasteiger partial charge is 0.321 e. The molecule has 1 N–H and O–H groups in total. The molecular formula is C23H30N2O. The first-order valence-electron chi connectivity index (χ1n) is 9.91. The van der Waals surface area contributed by atoms with E-state index in [0.29, 0.717) is 5.92 Å². The number of aryl methyl sites for hydroxylation is 2. The van der Waals surface area contributed by atoms with Gasteiger partial charge in [-0.15, -0.1) is 0 Å². The van der Waals surface area contributed by atoms with Crippen LogP contribution in [0.1, 0.15) is 43.4 Å². The molecule has 2 aromatic carbocycles. The zero-order chi connectivity index (χ0) is 18.4. The molecule has 0 radical (unpaired) electrons. The van der Waals surface area contributed by atoms with E-state index in [2.05, 4.69) is 67.7 Å². The average molecular weight is 351 g/mol. The molecule has 1 aliphatic heterocycles. The van der Waals surface area contributed by atoms with Gasteiger partial charge < -0.3 is 10.2 Å². The maximum Gasteiger partial charge on any atom is 0.321 e. The van der Waals surface area contributed by atoms with E-state index in [-0.39, 0.29) is 6.03 Å². The Morgan fingerprint density at radius 3 is 2.15 bits per heavy atom. The summed E-state index contributed by atoms with van der Waals surface area (Å²) >= 11 is 0. The van der Waals surface area contributed by atoms with Crippen LogP contribution in [-0.2, 0) is 19.3 Å². The summed E-state index contributed by atoms with van der Waals surface area (Å²) in [5.41, 5.74) is 4.86. The Kier molecular flexibility index (Phi) is 6.32. The molecule has 0 aliphatic carbocycles. The quantitative estimate of drug-likeness (QED) is 0.780. The van der Waals surface area contributed by atoms with Gasteiger partial charge in [0, 0.05) is 18.8 Å². The van der Waals surface area contributed by atoms with Crippen LogP contribution in [0, 0.1) is 5.92 Å². The molecular weight excluding hydrogens is 320 g/mol. The molecule has 0 aromatic heterocycles. The van der Waals surface area contributed by atoms with Crippen molar-refractivity contribution in [3.63, 3.8) is 0 Å². The van der Waals surface area contributed by atoms with Crippen LogP contribution in [0.15, 0.2) is 48.5 Å². The van der Waals surface area contributed by atoms with Crippen molar-refractivity contribution in [2.24, 2.45) is 5.92 Å². The number of nitrogens with one attached hydrogen (secondary N) is 1. The Bertz CT molecular complexity index is 696. The Balaban J connectivity index is 1.57. The molecule has 1 saturated heterocycles. The topological polar surface area (TPSA) is 32.3 Å². The minimum Gasteiger partial charge on any atom is -0.325 e. The van der Waals surface area contributed by atoms with Crippen LogP contribution in [0.4, 0.5) is 10.5 Å². The number of hydrogen-bond donors (Lipinski definition) is 1. The van der Waals surface area contributed by atoms with Crippen LogP contribution in [0.2, 0.25) is 0 Å². The predicted molar refractivity (Wildman–Crippen MR) is 109 cm³/mol. The van der Waals surface area contributed by atoms with Gasteiger partial charge in [0.15, 0.2) is 0 Å². The fraction of sp³-hybridized carbons (Fsp3) is 0.435. The summed E-state index contributed by atoms with van der Waals surface area (Å²) < 4.78 is 0. The lowest BCUT2D eigenvalue weighted by atomic mass is 9.90. The third-order valence-corrected chi connectivity index (χ3v) is 5.50. The van der Waals surface area contributed by atoms with Gasteiger partial charge in [-0.05, 0) is 54.7 Å². The molecule has 0 spiro atoms. The molecule has 3 rings (SSSR count). The molecule has 138 valence electrons. The number of urea groups is 1. The molecule has 0 bridgehead atoms. The van der Waals surface area contributed by atoms with E-state index in [1.807, 2.05) is 4.90 Å². The van der Waals surface area contributed by atoms with Crippen molar-refractivity contribution < 1.29 is 4.79 Å². The highest BCUT2D eigenvalue weighted by molar-refractivity contribution is 5.91. The molecule has 2 amide bonds. The fourth-order valence-electron chi connectivity index (χ4n) is 3.88. The largest absolute Gasteiger partial charge is 0.325 e. The van der Waals surface area contributed by atoms with Crippen molar-refractivity contribution >= 4 is 11.7 Å². The van der Waals surface area contributed by atoms with Crippen molar-refractivity contribution in [2.75, 3.05) is 18.4 Å². The number of piperidine rings is 1. The first-order valence-corrected chi connectivity index (χ1v) is 9.91. The van der Waals surface area contributed by atoms with Crippen molar-refractivity contribution in [3.05, 3.63) is 65.2 Å². The van der Waals surface area contributed by atoms with E-state index in [0.717, 1.165) is 50.9 Å². The van der Waals surface area contributed by atoms with Crippen molar-refractivity contribution in [2.45, 2.75) is 46.0 Å². The van der Waals surface area contributed by atoms with E-state index >= 15 is 0 Å². The summed E-state index contributed by atoms with van der Waals surface area (Å²) in [6, 6.07) is 17.0. The molecule has 1 heterocycles. The van der Waals surface area contributed by atoms with Gasteiger partial charge in [-0.1, -0.05) is 62.4 Å². The molecule has 3 heteroatoms. The van der Waals surface area contributed by atoms with E-state index in [1.165, 1.54) is 16.7 Å². The SMILES string of the molecule is CCc1cccc(CC)c1NC(=O)N1CCC(Cc2ccccc2)CC1. The summed E-state index contributed by atoms with van der Waals surface area (Å²) in [5.74, 6) is 0.676. The minimum atomic E-state index is 0.0544. The highest BCUT2D eigenvalue weighted by atomic mass is 16.2. The number of carbonyl (C=O) groups excluding carboxylic acids is 1. The van der Waals surface area contributed by atoms with Crippen LogP contribution in [0.3, 0.4) is 0 Å². The molecule has 0 atom stereocenters. The zero-order valence-corrected chi connectivity index (χ0v) is 16.0. The lowest BCUT2D eigenvalue weighted by Crippen LogP contribution is -2.41. The van der Waals surface area contributed by atoms with Crippen LogP contribution < -0.4 is 5.32 Å². The third kappa shape index (κ3) is 4.46. The Hall–Kier alpha value is -2.29. The number of rotatable bonds is 5. The molecule has 0 saturated carbocycles. The first kappa shape index (κ1) is 18.5. The van der Waals surface area contributed by atoms with Gasteiger partial charge in [0.05, 0.1) is 0 Å². The summed E-state index contributed by atoms with van der Waals surface area (Å²) in [6.45, 7) is 5.97. The van der Waals surface area contributed by atoms with Crippen molar-refractivity contribution in [1.29, 1.82) is 0 Å². The number of nitrogens with zero attached hydrogens (tertiary/aromatic N) is 1. The van der Waals surface area contributed by atoms with Gasteiger partial charge in [-0.25, -0.2) is 4.79 Å². The predicted octanol–water partition coefficient (Wildman–Crippen LogP) is 5.30. The van der Waals surface area contributed by atoms with Crippen LogP contribution in [-0.4, -0.2) is 24.0 Å². The summed E-state index contributed by atoms with van der Waals surface area (Å²) in [6.07, 6.45) is 5.15. The van der Waals surface area contributed by atoms with Gasteiger partial charge in [0.2, 0.25) is 0 Å². The lowest BCUT2D eigenvalue weighted by molar-refractivity contribution is 0.182. The van der Waals surface area contributed by atoms with E-state index in [1.54, 1.807) is 0 Å². The number of carbonyl (C=O) groups is 1. The van der Waals surface area contributed by atoms with Gasteiger partial charge in [0.1, 0.15) is 0 Å². The lowest BCUT2D eigenvalue weighted by Gasteiger charge is -2.32.